The monoisotopic (exact) mass is 499 g/mol. The Hall–Kier alpha value is -3.67. The summed E-state index contributed by atoms with van der Waals surface area (Å²) in [6.45, 7) is 6.47. The minimum Gasteiger partial charge on any atom is -0.467 e. The quantitative estimate of drug-likeness (QED) is 0.195. The van der Waals surface area contributed by atoms with Crippen molar-refractivity contribution >= 4 is 16.8 Å². The molecule has 1 unspecified atom stereocenters. The molecule has 0 saturated heterocycles. The molecule has 0 N–H and O–H groups in total. The van der Waals surface area contributed by atoms with E-state index in [1.54, 1.807) is 21.8 Å². The van der Waals surface area contributed by atoms with Crippen molar-refractivity contribution < 1.29 is 9.21 Å². The Labute approximate surface area is 218 Å². The summed E-state index contributed by atoms with van der Waals surface area (Å²) in [5.74, 6) is 1.28. The van der Waals surface area contributed by atoms with Crippen LogP contribution in [-0.4, -0.2) is 20.4 Å². The molecule has 4 aromatic rings. The third-order valence-corrected chi connectivity index (χ3v) is 6.87. The molecule has 2 aromatic heterocycles. The van der Waals surface area contributed by atoms with Crippen molar-refractivity contribution in [3.8, 4) is 5.69 Å². The lowest BCUT2D eigenvalue weighted by molar-refractivity contribution is -0.134. The third kappa shape index (κ3) is 6.37. The Balaban J connectivity index is 1.72. The first-order valence-corrected chi connectivity index (χ1v) is 13.4. The summed E-state index contributed by atoms with van der Waals surface area (Å²) in [6.07, 6.45) is 8.76. The second kappa shape index (κ2) is 12.5. The van der Waals surface area contributed by atoms with Gasteiger partial charge in [0.2, 0.25) is 5.91 Å². The van der Waals surface area contributed by atoms with E-state index in [1.165, 1.54) is 19.3 Å². The highest BCUT2D eigenvalue weighted by atomic mass is 16.3. The maximum absolute atomic E-state index is 13.8. The van der Waals surface area contributed by atoms with Crippen molar-refractivity contribution in [3.63, 3.8) is 0 Å². The van der Waals surface area contributed by atoms with Gasteiger partial charge in [-0.25, -0.2) is 4.98 Å². The van der Waals surface area contributed by atoms with Crippen molar-refractivity contribution in [1.29, 1.82) is 0 Å². The van der Waals surface area contributed by atoms with Crippen molar-refractivity contribution in [1.82, 2.24) is 14.5 Å². The third-order valence-electron chi connectivity index (χ3n) is 6.87. The number of benzene rings is 2. The highest BCUT2D eigenvalue weighted by molar-refractivity contribution is 5.79. The summed E-state index contributed by atoms with van der Waals surface area (Å²) in [5, 5.41) is 0.552. The molecule has 0 fully saturated rings. The second-order valence-electron chi connectivity index (χ2n) is 9.76. The molecule has 0 aliphatic heterocycles. The fourth-order valence-corrected chi connectivity index (χ4v) is 4.80. The summed E-state index contributed by atoms with van der Waals surface area (Å²) in [6, 6.07) is 18.5. The van der Waals surface area contributed by atoms with Gasteiger partial charge >= 0.3 is 0 Å². The minimum atomic E-state index is -0.449. The van der Waals surface area contributed by atoms with Gasteiger partial charge in [0.1, 0.15) is 11.6 Å². The standard InChI is InChI=1S/C31H37N3O3/c1-4-5-6-7-8-9-19-29(35)33(22-26-16-13-20-37-26)24(3)30-32-28-18-11-10-17-27(28)31(36)34(30)25-15-12-14-23(2)21-25/h10-18,20-21,24H,4-9,19,22H2,1-3H3. The number of para-hydroxylation sites is 1. The van der Waals surface area contributed by atoms with Crippen LogP contribution in [0.1, 0.15) is 82.0 Å². The van der Waals surface area contributed by atoms with Crippen LogP contribution in [0.3, 0.4) is 0 Å². The second-order valence-corrected chi connectivity index (χ2v) is 9.76. The van der Waals surface area contributed by atoms with Crippen LogP contribution in [0.2, 0.25) is 0 Å². The fourth-order valence-electron chi connectivity index (χ4n) is 4.80. The van der Waals surface area contributed by atoms with Crippen LogP contribution >= 0.6 is 0 Å². The lowest BCUT2D eigenvalue weighted by Gasteiger charge is -2.30. The number of amides is 1. The lowest BCUT2D eigenvalue weighted by Crippen LogP contribution is -2.37. The number of aryl methyl sites for hydroxylation is 1. The molecule has 1 amide bonds. The first-order chi connectivity index (χ1) is 18.0. The molecule has 37 heavy (non-hydrogen) atoms. The van der Waals surface area contributed by atoms with Gasteiger partial charge in [0.15, 0.2) is 0 Å². The van der Waals surface area contributed by atoms with E-state index in [1.807, 2.05) is 68.4 Å². The van der Waals surface area contributed by atoms with Gasteiger partial charge in [-0.05, 0) is 62.2 Å². The summed E-state index contributed by atoms with van der Waals surface area (Å²) in [4.78, 5) is 34.1. The van der Waals surface area contributed by atoms with E-state index < -0.39 is 6.04 Å². The number of hydrogen-bond acceptors (Lipinski definition) is 4. The molecule has 0 spiro atoms. The zero-order valence-electron chi connectivity index (χ0n) is 22.2. The van der Waals surface area contributed by atoms with Gasteiger partial charge < -0.3 is 9.32 Å². The van der Waals surface area contributed by atoms with Crippen LogP contribution in [0, 0.1) is 6.92 Å². The van der Waals surface area contributed by atoms with Crippen molar-refractivity contribution in [2.24, 2.45) is 0 Å². The normalized spacial score (nSPS) is 12.1. The number of carbonyl (C=O) groups excluding carboxylic acids is 1. The highest BCUT2D eigenvalue weighted by Gasteiger charge is 2.27. The Morgan fingerprint density at radius 2 is 1.78 bits per heavy atom. The maximum Gasteiger partial charge on any atom is 0.266 e. The van der Waals surface area contributed by atoms with Gasteiger partial charge in [-0.15, -0.1) is 0 Å². The molecule has 0 aliphatic carbocycles. The Morgan fingerprint density at radius 1 is 1.00 bits per heavy atom. The average Bonchev–Trinajstić information content (AvgIpc) is 3.42. The van der Waals surface area contributed by atoms with Gasteiger partial charge in [-0.1, -0.05) is 63.3 Å². The SMILES string of the molecule is CCCCCCCCC(=O)N(Cc1ccco1)C(C)c1nc2ccccc2c(=O)n1-c1cccc(C)c1. The molecule has 0 aliphatic rings. The summed E-state index contributed by atoms with van der Waals surface area (Å²) >= 11 is 0. The first kappa shape index (κ1) is 26.4. The lowest BCUT2D eigenvalue weighted by atomic mass is 10.1. The topological polar surface area (TPSA) is 68.3 Å². The number of nitrogens with zero attached hydrogens (tertiary/aromatic N) is 3. The summed E-state index contributed by atoms with van der Waals surface area (Å²) in [7, 11) is 0. The molecule has 194 valence electrons. The van der Waals surface area contributed by atoms with E-state index in [4.69, 9.17) is 9.40 Å². The fraction of sp³-hybridized carbons (Fsp3) is 0.387. The van der Waals surface area contributed by atoms with E-state index in [9.17, 15) is 9.59 Å². The van der Waals surface area contributed by atoms with Crippen LogP contribution in [0.15, 0.2) is 76.1 Å². The maximum atomic E-state index is 13.8. The molecule has 4 rings (SSSR count). The van der Waals surface area contributed by atoms with Gasteiger partial charge in [0.05, 0.1) is 35.4 Å². The molecular weight excluding hydrogens is 462 g/mol. The molecule has 0 radical (unpaired) electrons. The minimum absolute atomic E-state index is 0.0394. The zero-order valence-corrected chi connectivity index (χ0v) is 22.2. The smallest absolute Gasteiger partial charge is 0.266 e. The predicted molar refractivity (Wildman–Crippen MR) is 148 cm³/mol. The number of unbranched alkanes of at least 4 members (excludes halogenated alkanes) is 5. The van der Waals surface area contributed by atoms with Gasteiger partial charge in [0, 0.05) is 6.42 Å². The van der Waals surface area contributed by atoms with Gasteiger partial charge in [-0.2, -0.15) is 0 Å². The van der Waals surface area contributed by atoms with E-state index in [0.717, 1.165) is 30.5 Å². The molecule has 2 aromatic carbocycles. The first-order valence-electron chi connectivity index (χ1n) is 13.4. The van der Waals surface area contributed by atoms with Crippen LogP contribution in [-0.2, 0) is 11.3 Å². The average molecular weight is 500 g/mol. The zero-order chi connectivity index (χ0) is 26.2. The van der Waals surface area contributed by atoms with Crippen molar-refractivity contribution in [2.45, 2.75) is 78.3 Å². The van der Waals surface area contributed by atoms with Crippen LogP contribution in [0.5, 0.6) is 0 Å². The molecule has 2 heterocycles. The summed E-state index contributed by atoms with van der Waals surface area (Å²) < 4.78 is 7.27. The van der Waals surface area contributed by atoms with Crippen LogP contribution in [0.25, 0.3) is 16.6 Å². The molecule has 1 atom stereocenters. The molecule has 0 bridgehead atoms. The Kier molecular flexibility index (Phi) is 8.94. The molecule has 0 saturated carbocycles. The highest BCUT2D eigenvalue weighted by Crippen LogP contribution is 2.26. The van der Waals surface area contributed by atoms with Gasteiger partial charge in [0.25, 0.3) is 5.56 Å². The number of furan rings is 1. The number of fused-ring (bicyclic) bond motifs is 1. The molecule has 6 nitrogen and oxygen atoms in total. The molecule has 6 heteroatoms. The number of aromatic nitrogens is 2. The summed E-state index contributed by atoms with van der Waals surface area (Å²) in [5.41, 5.74) is 2.27. The van der Waals surface area contributed by atoms with Crippen molar-refractivity contribution in [2.75, 3.05) is 0 Å². The van der Waals surface area contributed by atoms with E-state index in [2.05, 4.69) is 6.92 Å². The van der Waals surface area contributed by atoms with Gasteiger partial charge in [-0.3, -0.25) is 14.2 Å². The molecular formula is C31H37N3O3. The Morgan fingerprint density at radius 3 is 2.54 bits per heavy atom. The van der Waals surface area contributed by atoms with E-state index in [0.29, 0.717) is 35.5 Å². The van der Waals surface area contributed by atoms with Crippen LogP contribution in [0.4, 0.5) is 0 Å². The Bertz CT molecular complexity index is 1370. The largest absolute Gasteiger partial charge is 0.467 e. The van der Waals surface area contributed by atoms with E-state index >= 15 is 0 Å². The van der Waals surface area contributed by atoms with Crippen molar-refractivity contribution in [3.05, 3.63) is 94.4 Å². The number of carbonyl (C=O) groups is 1. The number of rotatable bonds is 12. The van der Waals surface area contributed by atoms with Crippen LogP contribution < -0.4 is 5.56 Å². The van der Waals surface area contributed by atoms with E-state index in [-0.39, 0.29) is 11.5 Å². The number of hydrogen-bond donors (Lipinski definition) is 0. The predicted octanol–water partition coefficient (Wildman–Crippen LogP) is 7.13.